The maximum atomic E-state index is 10.1. The second kappa shape index (κ2) is 6.33. The predicted octanol–water partition coefficient (Wildman–Crippen LogP) is 3.75. The van der Waals surface area contributed by atoms with Gasteiger partial charge in [-0.1, -0.05) is 30.3 Å². The van der Waals surface area contributed by atoms with Gasteiger partial charge in [-0.25, -0.2) is 0 Å². The lowest BCUT2D eigenvalue weighted by atomic mass is 10.1. The fourth-order valence-corrected chi connectivity index (χ4v) is 3.29. The first-order valence-electron chi connectivity index (χ1n) is 6.61. The second-order valence-electron chi connectivity index (χ2n) is 4.92. The van der Waals surface area contributed by atoms with E-state index in [0.29, 0.717) is 6.54 Å². The monoisotopic (exact) mass is 275 g/mol. The van der Waals surface area contributed by atoms with Crippen LogP contribution in [0.5, 0.6) is 0 Å². The molecule has 102 valence electrons. The van der Waals surface area contributed by atoms with Crippen LogP contribution in [0.2, 0.25) is 0 Å². The number of rotatable bonds is 5. The highest BCUT2D eigenvalue weighted by atomic mass is 32.1. The first-order chi connectivity index (χ1) is 9.08. The highest BCUT2D eigenvalue weighted by Gasteiger charge is 2.13. The van der Waals surface area contributed by atoms with Gasteiger partial charge in [-0.3, -0.25) is 0 Å². The number of hydrogen-bond donors (Lipinski definition) is 2. The van der Waals surface area contributed by atoms with Crippen LogP contribution in [0.25, 0.3) is 0 Å². The summed E-state index contributed by atoms with van der Waals surface area (Å²) < 4.78 is 0. The van der Waals surface area contributed by atoms with E-state index in [1.807, 2.05) is 41.7 Å². The van der Waals surface area contributed by atoms with Crippen LogP contribution in [0, 0.1) is 13.8 Å². The van der Waals surface area contributed by atoms with E-state index >= 15 is 0 Å². The molecule has 19 heavy (non-hydrogen) atoms. The summed E-state index contributed by atoms with van der Waals surface area (Å²) in [6, 6.07) is 12.3. The molecule has 1 heterocycles. The molecule has 0 aliphatic heterocycles. The molecule has 2 unspecified atom stereocenters. The number of aliphatic hydroxyl groups excluding tert-OH is 1. The SMILES string of the molecule is Cc1cc(C(C)NCC(O)c2ccccc2)c(C)s1. The van der Waals surface area contributed by atoms with Gasteiger partial charge in [0.25, 0.3) is 0 Å². The minimum absolute atomic E-state index is 0.267. The number of hydrogen-bond acceptors (Lipinski definition) is 3. The molecule has 0 saturated heterocycles. The van der Waals surface area contributed by atoms with Crippen molar-refractivity contribution in [2.45, 2.75) is 32.9 Å². The summed E-state index contributed by atoms with van der Waals surface area (Å²) in [6.07, 6.45) is -0.455. The third-order valence-corrected chi connectivity index (χ3v) is 4.33. The minimum atomic E-state index is -0.455. The molecule has 0 spiro atoms. The molecule has 0 aliphatic rings. The van der Waals surface area contributed by atoms with Gasteiger partial charge in [0, 0.05) is 22.3 Å². The lowest BCUT2D eigenvalue weighted by Gasteiger charge is -2.17. The van der Waals surface area contributed by atoms with Crippen LogP contribution in [0.1, 0.15) is 40.0 Å². The minimum Gasteiger partial charge on any atom is -0.387 e. The Labute approximate surface area is 119 Å². The summed E-state index contributed by atoms with van der Waals surface area (Å²) in [5.74, 6) is 0. The molecule has 0 radical (unpaired) electrons. The Balaban J connectivity index is 1.94. The summed E-state index contributed by atoms with van der Waals surface area (Å²) in [7, 11) is 0. The van der Waals surface area contributed by atoms with E-state index in [2.05, 4.69) is 32.2 Å². The van der Waals surface area contributed by atoms with Gasteiger partial charge in [-0.2, -0.15) is 0 Å². The van der Waals surface area contributed by atoms with Crippen LogP contribution in [0.3, 0.4) is 0 Å². The first kappa shape index (κ1) is 14.3. The molecule has 0 saturated carbocycles. The average Bonchev–Trinajstić information content (AvgIpc) is 2.75. The fraction of sp³-hybridized carbons (Fsp3) is 0.375. The third-order valence-electron chi connectivity index (χ3n) is 3.35. The van der Waals surface area contributed by atoms with Crippen molar-refractivity contribution >= 4 is 11.3 Å². The molecule has 0 fully saturated rings. The van der Waals surface area contributed by atoms with Crippen molar-refractivity contribution in [1.82, 2.24) is 5.32 Å². The molecule has 2 atom stereocenters. The summed E-state index contributed by atoms with van der Waals surface area (Å²) >= 11 is 1.83. The van der Waals surface area contributed by atoms with Gasteiger partial charge in [-0.05, 0) is 38.0 Å². The number of benzene rings is 1. The molecule has 1 aromatic carbocycles. The van der Waals surface area contributed by atoms with Crippen LogP contribution < -0.4 is 5.32 Å². The topological polar surface area (TPSA) is 32.3 Å². The van der Waals surface area contributed by atoms with E-state index in [0.717, 1.165) is 5.56 Å². The van der Waals surface area contributed by atoms with Crippen molar-refractivity contribution in [2.24, 2.45) is 0 Å². The molecular weight excluding hydrogens is 254 g/mol. The van der Waals surface area contributed by atoms with Crippen molar-refractivity contribution < 1.29 is 5.11 Å². The molecule has 0 bridgehead atoms. The van der Waals surface area contributed by atoms with Gasteiger partial charge in [0.2, 0.25) is 0 Å². The van der Waals surface area contributed by atoms with Gasteiger partial charge in [-0.15, -0.1) is 11.3 Å². The highest BCUT2D eigenvalue weighted by molar-refractivity contribution is 7.12. The maximum Gasteiger partial charge on any atom is 0.0914 e. The lowest BCUT2D eigenvalue weighted by molar-refractivity contribution is 0.171. The second-order valence-corrected chi connectivity index (χ2v) is 6.39. The molecule has 2 rings (SSSR count). The average molecular weight is 275 g/mol. The lowest BCUT2D eigenvalue weighted by Crippen LogP contribution is -2.24. The largest absolute Gasteiger partial charge is 0.387 e. The van der Waals surface area contributed by atoms with Gasteiger partial charge in [0.1, 0.15) is 0 Å². The summed E-state index contributed by atoms with van der Waals surface area (Å²) in [4.78, 5) is 2.69. The van der Waals surface area contributed by atoms with Gasteiger partial charge in [0.15, 0.2) is 0 Å². The Morgan fingerprint density at radius 1 is 1.21 bits per heavy atom. The third kappa shape index (κ3) is 3.66. The first-order valence-corrected chi connectivity index (χ1v) is 7.43. The maximum absolute atomic E-state index is 10.1. The van der Waals surface area contributed by atoms with E-state index in [1.54, 1.807) is 0 Å². The van der Waals surface area contributed by atoms with Crippen molar-refractivity contribution in [3.63, 3.8) is 0 Å². The molecule has 3 heteroatoms. The van der Waals surface area contributed by atoms with Crippen LogP contribution >= 0.6 is 11.3 Å². The van der Waals surface area contributed by atoms with E-state index in [-0.39, 0.29) is 6.04 Å². The molecule has 2 N–H and O–H groups in total. The highest BCUT2D eigenvalue weighted by Crippen LogP contribution is 2.26. The van der Waals surface area contributed by atoms with Gasteiger partial charge < -0.3 is 10.4 Å². The van der Waals surface area contributed by atoms with Gasteiger partial charge >= 0.3 is 0 Å². The van der Waals surface area contributed by atoms with E-state index in [1.165, 1.54) is 15.3 Å². The number of thiophene rings is 1. The Morgan fingerprint density at radius 2 is 1.89 bits per heavy atom. The van der Waals surface area contributed by atoms with Crippen molar-refractivity contribution in [3.05, 3.63) is 57.3 Å². The number of aryl methyl sites for hydroxylation is 2. The van der Waals surface area contributed by atoms with E-state index in [4.69, 9.17) is 0 Å². The van der Waals surface area contributed by atoms with Crippen molar-refractivity contribution in [1.29, 1.82) is 0 Å². The Morgan fingerprint density at radius 3 is 2.47 bits per heavy atom. The number of aliphatic hydroxyl groups is 1. The Bertz CT molecular complexity index is 521. The molecule has 1 aromatic heterocycles. The molecule has 2 aromatic rings. The van der Waals surface area contributed by atoms with E-state index in [9.17, 15) is 5.11 Å². The smallest absolute Gasteiger partial charge is 0.0914 e. The Hall–Kier alpha value is -1.16. The zero-order chi connectivity index (χ0) is 13.8. The summed E-state index contributed by atoms with van der Waals surface area (Å²) in [5.41, 5.74) is 2.29. The van der Waals surface area contributed by atoms with Crippen LogP contribution in [0.15, 0.2) is 36.4 Å². The zero-order valence-corrected chi connectivity index (χ0v) is 12.5. The summed E-state index contributed by atoms with van der Waals surface area (Å²) in [6.45, 7) is 7.00. The molecule has 2 nitrogen and oxygen atoms in total. The zero-order valence-electron chi connectivity index (χ0n) is 11.7. The van der Waals surface area contributed by atoms with Crippen LogP contribution in [-0.2, 0) is 0 Å². The normalized spacial score (nSPS) is 14.3. The number of nitrogens with one attached hydrogen (secondary N) is 1. The van der Waals surface area contributed by atoms with Crippen molar-refractivity contribution in [2.75, 3.05) is 6.54 Å². The molecule has 0 amide bonds. The summed E-state index contributed by atoms with van der Waals surface area (Å²) in [5, 5.41) is 13.5. The fourth-order valence-electron chi connectivity index (χ4n) is 2.27. The quantitative estimate of drug-likeness (QED) is 0.871. The van der Waals surface area contributed by atoms with Gasteiger partial charge in [0.05, 0.1) is 6.10 Å². The standard InChI is InChI=1S/C16H21NOS/c1-11-9-15(13(3)19-11)12(2)17-10-16(18)14-7-5-4-6-8-14/h4-9,12,16-18H,10H2,1-3H3. The van der Waals surface area contributed by atoms with Crippen LogP contribution in [-0.4, -0.2) is 11.7 Å². The van der Waals surface area contributed by atoms with E-state index < -0.39 is 6.10 Å². The van der Waals surface area contributed by atoms with Crippen LogP contribution in [0.4, 0.5) is 0 Å². The van der Waals surface area contributed by atoms with Crippen molar-refractivity contribution in [3.8, 4) is 0 Å². The predicted molar refractivity (Wildman–Crippen MR) is 81.6 cm³/mol. The Kier molecular flexibility index (Phi) is 4.75. The molecule has 0 aliphatic carbocycles. The molecular formula is C16H21NOS.